The van der Waals surface area contributed by atoms with E-state index >= 15 is 0 Å². The van der Waals surface area contributed by atoms with E-state index in [2.05, 4.69) is 23.7 Å². The Balaban J connectivity index is 2.11. The summed E-state index contributed by atoms with van der Waals surface area (Å²) in [5.74, 6) is 0. The van der Waals surface area contributed by atoms with Crippen molar-refractivity contribution in [3.63, 3.8) is 0 Å². The van der Waals surface area contributed by atoms with Gasteiger partial charge >= 0.3 is 0 Å². The topological polar surface area (TPSA) is 51.4 Å². The van der Waals surface area contributed by atoms with Gasteiger partial charge in [0.15, 0.2) is 0 Å². The van der Waals surface area contributed by atoms with Gasteiger partial charge in [-0.05, 0) is 31.4 Å². The molecule has 0 aliphatic carbocycles. The molecule has 0 bridgehead atoms. The molecular weight excluding hydrogens is 274 g/mol. The van der Waals surface area contributed by atoms with Crippen molar-refractivity contribution in [2.75, 3.05) is 26.3 Å². The summed E-state index contributed by atoms with van der Waals surface area (Å²) in [6, 6.07) is 1.99. The van der Waals surface area contributed by atoms with Gasteiger partial charge in [0.25, 0.3) is 0 Å². The van der Waals surface area contributed by atoms with Gasteiger partial charge in [0.05, 0.1) is 18.2 Å². The van der Waals surface area contributed by atoms with Gasteiger partial charge in [-0.2, -0.15) is 0 Å². The van der Waals surface area contributed by atoms with Crippen LogP contribution >= 0.6 is 11.6 Å². The molecule has 2 atom stereocenters. The van der Waals surface area contributed by atoms with Gasteiger partial charge in [0, 0.05) is 37.1 Å². The maximum Gasteiger partial charge on any atom is 0.0621 e. The van der Waals surface area contributed by atoms with Crippen LogP contribution in [-0.4, -0.2) is 47.8 Å². The highest BCUT2D eigenvalue weighted by Crippen LogP contribution is 2.27. The highest BCUT2D eigenvalue weighted by atomic mass is 35.5. The van der Waals surface area contributed by atoms with Crippen molar-refractivity contribution < 1.29 is 4.74 Å². The average Bonchev–Trinajstić information content (AvgIpc) is 2.49. The zero-order chi connectivity index (χ0) is 14.6. The zero-order valence-electron chi connectivity index (χ0n) is 12.3. The molecule has 1 aromatic heterocycles. The van der Waals surface area contributed by atoms with Crippen LogP contribution in [0.15, 0.2) is 18.5 Å². The Hall–Kier alpha value is -0.680. The number of nitrogens with zero attached hydrogens (tertiary/aromatic N) is 2. The summed E-state index contributed by atoms with van der Waals surface area (Å²) in [5.41, 5.74) is 7.57. The molecule has 2 rings (SSSR count). The second-order valence-electron chi connectivity index (χ2n) is 5.59. The van der Waals surface area contributed by atoms with Crippen molar-refractivity contribution in [2.45, 2.75) is 38.3 Å². The summed E-state index contributed by atoms with van der Waals surface area (Å²) in [7, 11) is 0. The standard InChI is InChI=1S/C15H24ClN3O/c1-3-15(2,19-6-8-20-9-7-19)14(17)10-12-4-5-18-11-13(12)16/h4-5,11,14H,3,6-10,17H2,1-2H3. The van der Waals surface area contributed by atoms with Crippen molar-refractivity contribution >= 4 is 11.6 Å². The zero-order valence-corrected chi connectivity index (χ0v) is 13.1. The minimum absolute atomic E-state index is 0.0314. The SMILES string of the molecule is CCC(C)(C(N)Cc1ccncc1Cl)N1CCOCC1. The van der Waals surface area contributed by atoms with Crippen molar-refractivity contribution in [1.82, 2.24) is 9.88 Å². The van der Waals surface area contributed by atoms with Crippen LogP contribution in [0.1, 0.15) is 25.8 Å². The molecule has 5 heteroatoms. The van der Waals surface area contributed by atoms with Gasteiger partial charge in [-0.1, -0.05) is 18.5 Å². The molecule has 2 heterocycles. The molecule has 4 nitrogen and oxygen atoms in total. The normalized spacial score (nSPS) is 21.4. The molecule has 20 heavy (non-hydrogen) atoms. The number of nitrogens with two attached hydrogens (primary N) is 1. The number of rotatable bonds is 5. The van der Waals surface area contributed by atoms with E-state index in [0.29, 0.717) is 5.02 Å². The molecule has 0 spiro atoms. The molecular formula is C15H24ClN3O. The Labute approximate surface area is 126 Å². The van der Waals surface area contributed by atoms with E-state index in [1.54, 1.807) is 12.4 Å². The fourth-order valence-electron chi connectivity index (χ4n) is 2.82. The Bertz CT molecular complexity index is 437. The molecule has 0 radical (unpaired) electrons. The van der Waals surface area contributed by atoms with E-state index in [1.807, 2.05) is 6.07 Å². The molecule has 0 aromatic carbocycles. The lowest BCUT2D eigenvalue weighted by molar-refractivity contribution is -0.0272. The fourth-order valence-corrected chi connectivity index (χ4v) is 3.02. The maximum absolute atomic E-state index is 6.53. The number of pyridine rings is 1. The minimum Gasteiger partial charge on any atom is -0.379 e. The van der Waals surface area contributed by atoms with Crippen LogP contribution in [-0.2, 0) is 11.2 Å². The minimum atomic E-state index is -0.0314. The molecule has 1 fully saturated rings. The van der Waals surface area contributed by atoms with Crippen molar-refractivity contribution in [3.8, 4) is 0 Å². The first-order chi connectivity index (χ1) is 9.58. The summed E-state index contributed by atoms with van der Waals surface area (Å²) in [6.45, 7) is 7.92. The Morgan fingerprint density at radius 1 is 1.50 bits per heavy atom. The Morgan fingerprint density at radius 3 is 2.80 bits per heavy atom. The van der Waals surface area contributed by atoms with Crippen LogP contribution in [0.2, 0.25) is 5.02 Å². The van der Waals surface area contributed by atoms with E-state index in [0.717, 1.165) is 44.7 Å². The smallest absolute Gasteiger partial charge is 0.0621 e. The predicted octanol–water partition coefficient (Wildman–Crippen LogP) is 2.11. The van der Waals surface area contributed by atoms with Crippen LogP contribution in [0.3, 0.4) is 0 Å². The molecule has 2 N–H and O–H groups in total. The summed E-state index contributed by atoms with van der Waals surface area (Å²) in [4.78, 5) is 6.48. The number of hydrogen-bond donors (Lipinski definition) is 1. The van der Waals surface area contributed by atoms with E-state index in [4.69, 9.17) is 22.1 Å². The van der Waals surface area contributed by atoms with Crippen LogP contribution in [0, 0.1) is 0 Å². The molecule has 1 aliphatic rings. The lowest BCUT2D eigenvalue weighted by Crippen LogP contribution is -2.61. The summed E-state index contributed by atoms with van der Waals surface area (Å²) < 4.78 is 5.44. The van der Waals surface area contributed by atoms with Crippen molar-refractivity contribution in [3.05, 3.63) is 29.0 Å². The van der Waals surface area contributed by atoms with Crippen molar-refractivity contribution in [1.29, 1.82) is 0 Å². The molecule has 1 aromatic rings. The third kappa shape index (κ3) is 3.31. The van der Waals surface area contributed by atoms with Gasteiger partial charge in [-0.25, -0.2) is 0 Å². The number of morpholine rings is 1. The summed E-state index contributed by atoms with van der Waals surface area (Å²) in [6.07, 6.45) is 5.23. The molecule has 1 aliphatic heterocycles. The molecule has 0 saturated carbocycles. The first-order valence-electron chi connectivity index (χ1n) is 7.24. The van der Waals surface area contributed by atoms with Crippen LogP contribution in [0.25, 0.3) is 0 Å². The first-order valence-corrected chi connectivity index (χ1v) is 7.62. The Kier molecular flexibility index (Phi) is 5.38. The predicted molar refractivity (Wildman–Crippen MR) is 82.0 cm³/mol. The maximum atomic E-state index is 6.53. The monoisotopic (exact) mass is 297 g/mol. The van der Waals surface area contributed by atoms with Gasteiger partial charge < -0.3 is 10.5 Å². The fraction of sp³-hybridized carbons (Fsp3) is 0.667. The number of hydrogen-bond acceptors (Lipinski definition) is 4. The highest BCUT2D eigenvalue weighted by Gasteiger charge is 2.37. The van der Waals surface area contributed by atoms with Gasteiger partial charge in [-0.3, -0.25) is 9.88 Å². The van der Waals surface area contributed by atoms with Crippen LogP contribution in [0.5, 0.6) is 0 Å². The number of ether oxygens (including phenoxy) is 1. The molecule has 0 amide bonds. The average molecular weight is 298 g/mol. The third-order valence-electron chi connectivity index (χ3n) is 4.54. The van der Waals surface area contributed by atoms with Gasteiger partial charge in [0.2, 0.25) is 0 Å². The summed E-state index contributed by atoms with van der Waals surface area (Å²) >= 11 is 6.20. The van der Waals surface area contributed by atoms with Crippen molar-refractivity contribution in [2.24, 2.45) is 5.73 Å². The van der Waals surface area contributed by atoms with Crippen LogP contribution in [0.4, 0.5) is 0 Å². The first kappa shape index (κ1) is 15.7. The number of halogens is 1. The van der Waals surface area contributed by atoms with E-state index in [9.17, 15) is 0 Å². The second-order valence-corrected chi connectivity index (χ2v) is 6.00. The summed E-state index contributed by atoms with van der Waals surface area (Å²) in [5, 5.41) is 0.698. The number of aromatic nitrogens is 1. The molecule has 112 valence electrons. The quantitative estimate of drug-likeness (QED) is 0.904. The van der Waals surface area contributed by atoms with Gasteiger partial charge in [0.1, 0.15) is 0 Å². The second kappa shape index (κ2) is 6.85. The van der Waals surface area contributed by atoms with Crippen LogP contribution < -0.4 is 5.73 Å². The molecule has 1 saturated heterocycles. The van der Waals surface area contributed by atoms with E-state index < -0.39 is 0 Å². The van der Waals surface area contributed by atoms with Gasteiger partial charge in [-0.15, -0.1) is 0 Å². The largest absolute Gasteiger partial charge is 0.379 e. The molecule has 2 unspecified atom stereocenters. The highest BCUT2D eigenvalue weighted by molar-refractivity contribution is 6.31. The Morgan fingerprint density at radius 2 is 2.20 bits per heavy atom. The van der Waals surface area contributed by atoms with E-state index in [-0.39, 0.29) is 11.6 Å². The lowest BCUT2D eigenvalue weighted by Gasteiger charge is -2.46. The third-order valence-corrected chi connectivity index (χ3v) is 4.88. The lowest BCUT2D eigenvalue weighted by atomic mass is 9.84. The van der Waals surface area contributed by atoms with E-state index in [1.165, 1.54) is 0 Å².